The minimum atomic E-state index is 0.547. The lowest BCUT2D eigenvalue weighted by atomic mass is 10.0. The van der Waals surface area contributed by atoms with Crippen LogP contribution in [0.2, 0.25) is 5.02 Å². The maximum Gasteiger partial charge on any atom is 0.0406 e. The standard InChI is InChI=1S/C12H17ClN2/c13-11-5-3-10(4-6-11)12-2-1-8-15(12)9-7-14/h3-6,12H,1-2,7-9,14H2/t12-/m1/s1. The highest BCUT2D eigenvalue weighted by molar-refractivity contribution is 6.30. The average Bonchev–Trinajstić information content (AvgIpc) is 2.68. The number of hydrogen-bond acceptors (Lipinski definition) is 2. The van der Waals surface area contributed by atoms with Crippen molar-refractivity contribution in [2.75, 3.05) is 19.6 Å². The van der Waals surface area contributed by atoms with E-state index in [1.165, 1.54) is 24.9 Å². The molecular weight excluding hydrogens is 208 g/mol. The van der Waals surface area contributed by atoms with E-state index < -0.39 is 0 Å². The second kappa shape index (κ2) is 4.97. The molecule has 0 bridgehead atoms. The number of benzene rings is 1. The van der Waals surface area contributed by atoms with Crippen molar-refractivity contribution in [3.05, 3.63) is 34.9 Å². The summed E-state index contributed by atoms with van der Waals surface area (Å²) in [5.41, 5.74) is 6.98. The second-order valence-electron chi connectivity index (χ2n) is 4.03. The lowest BCUT2D eigenvalue weighted by molar-refractivity contribution is 0.265. The molecule has 0 amide bonds. The first-order chi connectivity index (χ1) is 7.31. The fourth-order valence-electron chi connectivity index (χ4n) is 2.32. The fourth-order valence-corrected chi connectivity index (χ4v) is 2.45. The Kier molecular flexibility index (Phi) is 3.62. The Labute approximate surface area is 96.0 Å². The van der Waals surface area contributed by atoms with Crippen LogP contribution in [0.25, 0.3) is 0 Å². The molecule has 1 aliphatic rings. The van der Waals surface area contributed by atoms with Crippen LogP contribution < -0.4 is 5.73 Å². The molecule has 2 nitrogen and oxygen atoms in total. The predicted octanol–water partition coefficient (Wildman–Crippen LogP) is 2.44. The summed E-state index contributed by atoms with van der Waals surface area (Å²) < 4.78 is 0. The summed E-state index contributed by atoms with van der Waals surface area (Å²) in [5.74, 6) is 0. The monoisotopic (exact) mass is 224 g/mol. The van der Waals surface area contributed by atoms with Crippen LogP contribution in [0.1, 0.15) is 24.4 Å². The third kappa shape index (κ3) is 2.51. The molecule has 3 heteroatoms. The third-order valence-electron chi connectivity index (χ3n) is 3.03. The van der Waals surface area contributed by atoms with Gasteiger partial charge < -0.3 is 5.73 Å². The number of nitrogens with zero attached hydrogens (tertiary/aromatic N) is 1. The Bertz CT molecular complexity index is 310. The Morgan fingerprint density at radius 2 is 2.07 bits per heavy atom. The molecule has 0 aliphatic carbocycles. The molecule has 0 radical (unpaired) electrons. The lowest BCUT2D eigenvalue weighted by Crippen LogP contribution is -2.29. The summed E-state index contributed by atoms with van der Waals surface area (Å²) in [6.45, 7) is 2.90. The molecule has 1 aromatic rings. The second-order valence-corrected chi connectivity index (χ2v) is 4.47. The molecule has 0 saturated carbocycles. The molecule has 0 spiro atoms. The van der Waals surface area contributed by atoms with E-state index in [1.807, 2.05) is 12.1 Å². The first kappa shape index (κ1) is 10.9. The quantitative estimate of drug-likeness (QED) is 0.855. The van der Waals surface area contributed by atoms with E-state index in [0.717, 1.165) is 18.1 Å². The summed E-state index contributed by atoms with van der Waals surface area (Å²) in [4.78, 5) is 2.46. The molecule has 0 aromatic heterocycles. The normalized spacial score (nSPS) is 22.1. The lowest BCUT2D eigenvalue weighted by Gasteiger charge is -2.24. The summed E-state index contributed by atoms with van der Waals surface area (Å²) in [5, 5.41) is 0.808. The van der Waals surface area contributed by atoms with Crippen molar-refractivity contribution in [1.82, 2.24) is 4.90 Å². The number of rotatable bonds is 3. The van der Waals surface area contributed by atoms with Crippen LogP contribution in [0.15, 0.2) is 24.3 Å². The number of hydrogen-bond donors (Lipinski definition) is 1. The highest BCUT2D eigenvalue weighted by Crippen LogP contribution is 2.31. The van der Waals surface area contributed by atoms with Gasteiger partial charge in [-0.15, -0.1) is 0 Å². The van der Waals surface area contributed by atoms with Gasteiger partial charge in [0.25, 0.3) is 0 Å². The first-order valence-corrected chi connectivity index (χ1v) is 5.88. The van der Waals surface area contributed by atoms with Crippen molar-refractivity contribution >= 4 is 11.6 Å². The average molecular weight is 225 g/mol. The van der Waals surface area contributed by atoms with Crippen molar-refractivity contribution in [2.24, 2.45) is 5.73 Å². The van der Waals surface area contributed by atoms with Gasteiger partial charge in [-0.05, 0) is 37.1 Å². The molecule has 2 N–H and O–H groups in total. The zero-order valence-electron chi connectivity index (χ0n) is 8.82. The first-order valence-electron chi connectivity index (χ1n) is 5.51. The van der Waals surface area contributed by atoms with E-state index in [1.54, 1.807) is 0 Å². The summed E-state index contributed by atoms with van der Waals surface area (Å²) in [6, 6.07) is 8.74. The van der Waals surface area contributed by atoms with Crippen LogP contribution in [-0.4, -0.2) is 24.5 Å². The van der Waals surface area contributed by atoms with Crippen LogP contribution in [-0.2, 0) is 0 Å². The SMILES string of the molecule is NCCN1CCC[C@@H]1c1ccc(Cl)cc1. The molecule has 15 heavy (non-hydrogen) atoms. The van der Waals surface area contributed by atoms with Gasteiger partial charge in [0.1, 0.15) is 0 Å². The van der Waals surface area contributed by atoms with Gasteiger partial charge in [0.15, 0.2) is 0 Å². The van der Waals surface area contributed by atoms with Gasteiger partial charge in [-0.25, -0.2) is 0 Å². The van der Waals surface area contributed by atoms with Crippen LogP contribution >= 0.6 is 11.6 Å². The van der Waals surface area contributed by atoms with Crippen molar-refractivity contribution in [1.29, 1.82) is 0 Å². The fraction of sp³-hybridized carbons (Fsp3) is 0.500. The molecule has 0 unspecified atom stereocenters. The van der Waals surface area contributed by atoms with Gasteiger partial charge in [0.05, 0.1) is 0 Å². The zero-order valence-corrected chi connectivity index (χ0v) is 9.58. The Hall–Kier alpha value is -0.570. The molecular formula is C12H17ClN2. The molecule has 1 aliphatic heterocycles. The maximum atomic E-state index is 5.88. The minimum Gasteiger partial charge on any atom is -0.329 e. The molecule has 82 valence electrons. The highest BCUT2D eigenvalue weighted by Gasteiger charge is 2.24. The molecule has 2 rings (SSSR count). The number of likely N-dealkylation sites (tertiary alicyclic amines) is 1. The zero-order chi connectivity index (χ0) is 10.7. The summed E-state index contributed by atoms with van der Waals surface area (Å²) in [6.07, 6.45) is 2.51. The largest absolute Gasteiger partial charge is 0.329 e. The van der Waals surface area contributed by atoms with Crippen LogP contribution in [0.3, 0.4) is 0 Å². The van der Waals surface area contributed by atoms with Crippen molar-refractivity contribution < 1.29 is 0 Å². The van der Waals surface area contributed by atoms with Gasteiger partial charge in [-0.1, -0.05) is 23.7 Å². The Morgan fingerprint density at radius 3 is 2.73 bits per heavy atom. The topological polar surface area (TPSA) is 29.3 Å². The maximum absolute atomic E-state index is 5.88. The van der Waals surface area contributed by atoms with Crippen molar-refractivity contribution in [2.45, 2.75) is 18.9 Å². The van der Waals surface area contributed by atoms with Gasteiger partial charge in [0.2, 0.25) is 0 Å². The molecule has 1 heterocycles. The van der Waals surface area contributed by atoms with E-state index >= 15 is 0 Å². The van der Waals surface area contributed by atoms with Crippen molar-refractivity contribution in [3.8, 4) is 0 Å². The number of halogens is 1. The Morgan fingerprint density at radius 1 is 1.33 bits per heavy atom. The van der Waals surface area contributed by atoms with Gasteiger partial charge in [-0.2, -0.15) is 0 Å². The van der Waals surface area contributed by atoms with E-state index in [-0.39, 0.29) is 0 Å². The van der Waals surface area contributed by atoms with Gasteiger partial charge >= 0.3 is 0 Å². The summed E-state index contributed by atoms with van der Waals surface area (Å²) >= 11 is 5.88. The van der Waals surface area contributed by atoms with Crippen LogP contribution in [0, 0.1) is 0 Å². The van der Waals surface area contributed by atoms with E-state index in [4.69, 9.17) is 17.3 Å². The van der Waals surface area contributed by atoms with E-state index in [9.17, 15) is 0 Å². The Balaban J connectivity index is 2.11. The molecule has 1 aromatic carbocycles. The highest BCUT2D eigenvalue weighted by atomic mass is 35.5. The van der Waals surface area contributed by atoms with Crippen LogP contribution in [0.4, 0.5) is 0 Å². The predicted molar refractivity (Wildman–Crippen MR) is 64.1 cm³/mol. The van der Waals surface area contributed by atoms with E-state index in [2.05, 4.69) is 17.0 Å². The van der Waals surface area contributed by atoms with E-state index in [0.29, 0.717) is 6.04 Å². The van der Waals surface area contributed by atoms with Crippen molar-refractivity contribution in [3.63, 3.8) is 0 Å². The molecule has 1 saturated heterocycles. The minimum absolute atomic E-state index is 0.547. The molecule has 1 atom stereocenters. The van der Waals surface area contributed by atoms with Crippen LogP contribution in [0.5, 0.6) is 0 Å². The molecule has 1 fully saturated rings. The number of nitrogens with two attached hydrogens (primary N) is 1. The smallest absolute Gasteiger partial charge is 0.0406 e. The van der Waals surface area contributed by atoms with Gasteiger partial charge in [-0.3, -0.25) is 4.90 Å². The third-order valence-corrected chi connectivity index (χ3v) is 3.29. The van der Waals surface area contributed by atoms with Gasteiger partial charge in [0, 0.05) is 24.2 Å². The summed E-state index contributed by atoms with van der Waals surface area (Å²) in [7, 11) is 0.